The van der Waals surface area contributed by atoms with E-state index in [-0.39, 0.29) is 22.9 Å². The first-order valence-corrected chi connectivity index (χ1v) is 4.57. The van der Waals surface area contributed by atoms with E-state index in [1.807, 2.05) is 13.8 Å². The highest BCUT2D eigenvalue weighted by molar-refractivity contribution is 5.79. The molecule has 2 unspecified atom stereocenters. The van der Waals surface area contributed by atoms with Crippen LogP contribution in [0.2, 0.25) is 0 Å². The van der Waals surface area contributed by atoms with Gasteiger partial charge in [0, 0.05) is 0 Å². The maximum Gasteiger partial charge on any atom is 0.310 e. The number of hydrogen-bond acceptors (Lipinski definition) is 2. The normalized spacial score (nSPS) is 41.5. The Labute approximate surface area is 73.3 Å². The average molecular weight is 168 g/mol. The molecule has 2 nitrogen and oxygen atoms in total. The number of hydrogen-bond donors (Lipinski definition) is 0. The summed E-state index contributed by atoms with van der Waals surface area (Å²) in [4.78, 5) is 11.4. The second kappa shape index (κ2) is 1.86. The van der Waals surface area contributed by atoms with Crippen LogP contribution in [0.5, 0.6) is 0 Å². The largest absolute Gasteiger partial charge is 0.459 e. The predicted molar refractivity (Wildman–Crippen MR) is 45.5 cm³/mol. The molecule has 1 saturated heterocycles. The van der Waals surface area contributed by atoms with Crippen molar-refractivity contribution in [2.75, 3.05) is 0 Å². The summed E-state index contributed by atoms with van der Waals surface area (Å²) in [5, 5.41) is 0. The lowest BCUT2D eigenvalue weighted by molar-refractivity contribution is -0.164. The van der Waals surface area contributed by atoms with Crippen LogP contribution in [0, 0.1) is 17.3 Å². The third-order valence-corrected chi connectivity index (χ3v) is 3.39. The molecule has 0 aromatic carbocycles. The topological polar surface area (TPSA) is 26.3 Å². The summed E-state index contributed by atoms with van der Waals surface area (Å²) in [6.45, 7) is 8.31. The third-order valence-electron chi connectivity index (χ3n) is 3.39. The van der Waals surface area contributed by atoms with Crippen molar-refractivity contribution < 1.29 is 9.53 Å². The van der Waals surface area contributed by atoms with Gasteiger partial charge in [-0.05, 0) is 31.6 Å². The molecule has 2 atom stereocenters. The number of cyclic esters (lactones) is 1. The molecule has 0 amide bonds. The molecule has 0 N–H and O–H groups in total. The molecule has 1 heterocycles. The van der Waals surface area contributed by atoms with Crippen LogP contribution >= 0.6 is 0 Å². The quantitative estimate of drug-likeness (QED) is 0.517. The van der Waals surface area contributed by atoms with Gasteiger partial charge in [0.2, 0.25) is 0 Å². The molecule has 0 aromatic heterocycles. The Bertz CT molecular complexity index is 238. The monoisotopic (exact) mass is 168 g/mol. The summed E-state index contributed by atoms with van der Waals surface area (Å²) in [5.74, 6) is 0.764. The van der Waals surface area contributed by atoms with Gasteiger partial charge < -0.3 is 4.74 Å². The first-order valence-electron chi connectivity index (χ1n) is 4.57. The molecule has 0 spiro atoms. The summed E-state index contributed by atoms with van der Waals surface area (Å²) >= 11 is 0. The van der Waals surface area contributed by atoms with Crippen molar-refractivity contribution in [2.45, 2.75) is 39.7 Å². The standard InChI is InChI=1S/C10H16O2/c1-9(2)5-6-7(8(11)12-9)10(6,3)4/h6-7H,5H2,1-4H3. The molecule has 12 heavy (non-hydrogen) atoms. The molecule has 2 aliphatic rings. The highest BCUT2D eigenvalue weighted by atomic mass is 16.6. The molecule has 2 fully saturated rings. The SMILES string of the molecule is CC1(C)CC2C(C(=O)O1)C2(C)C. The second-order valence-electron chi connectivity index (χ2n) is 5.29. The molecular weight excluding hydrogens is 152 g/mol. The van der Waals surface area contributed by atoms with E-state index in [2.05, 4.69) is 13.8 Å². The maximum absolute atomic E-state index is 11.4. The van der Waals surface area contributed by atoms with Crippen molar-refractivity contribution in [2.24, 2.45) is 17.3 Å². The molecule has 0 bridgehead atoms. The van der Waals surface area contributed by atoms with Crippen molar-refractivity contribution in [1.29, 1.82) is 0 Å². The number of rotatable bonds is 0. The van der Waals surface area contributed by atoms with Crippen molar-refractivity contribution >= 4 is 5.97 Å². The van der Waals surface area contributed by atoms with Gasteiger partial charge in [-0.1, -0.05) is 13.8 Å². The van der Waals surface area contributed by atoms with Crippen LogP contribution in [-0.2, 0) is 9.53 Å². The van der Waals surface area contributed by atoms with Crippen LogP contribution < -0.4 is 0 Å². The van der Waals surface area contributed by atoms with Gasteiger partial charge >= 0.3 is 5.97 Å². The zero-order chi connectivity index (χ0) is 9.15. The van der Waals surface area contributed by atoms with Gasteiger partial charge in [-0.3, -0.25) is 4.79 Å². The number of esters is 1. The minimum atomic E-state index is -0.230. The van der Waals surface area contributed by atoms with Gasteiger partial charge in [-0.15, -0.1) is 0 Å². The Morgan fingerprint density at radius 2 is 1.92 bits per heavy atom. The number of fused-ring (bicyclic) bond motifs is 1. The Morgan fingerprint density at radius 3 is 2.42 bits per heavy atom. The van der Waals surface area contributed by atoms with Crippen LogP contribution in [0.25, 0.3) is 0 Å². The number of carbonyl (C=O) groups excluding carboxylic acids is 1. The predicted octanol–water partition coefficient (Wildman–Crippen LogP) is 1.98. The van der Waals surface area contributed by atoms with E-state index in [1.54, 1.807) is 0 Å². The molecule has 68 valence electrons. The van der Waals surface area contributed by atoms with Gasteiger partial charge in [0.1, 0.15) is 5.60 Å². The molecule has 0 aromatic rings. The third kappa shape index (κ3) is 0.900. The van der Waals surface area contributed by atoms with Crippen molar-refractivity contribution in [1.82, 2.24) is 0 Å². The van der Waals surface area contributed by atoms with Crippen molar-refractivity contribution in [3.8, 4) is 0 Å². The minimum Gasteiger partial charge on any atom is -0.459 e. The highest BCUT2D eigenvalue weighted by Gasteiger charge is 2.66. The van der Waals surface area contributed by atoms with Crippen molar-refractivity contribution in [3.05, 3.63) is 0 Å². The molecule has 1 saturated carbocycles. The van der Waals surface area contributed by atoms with Crippen LogP contribution in [-0.4, -0.2) is 11.6 Å². The van der Waals surface area contributed by atoms with Crippen molar-refractivity contribution in [3.63, 3.8) is 0 Å². The summed E-state index contributed by atoms with van der Waals surface area (Å²) in [6, 6.07) is 0. The summed E-state index contributed by atoms with van der Waals surface area (Å²) in [5.41, 5.74) is -0.0309. The fourth-order valence-corrected chi connectivity index (χ4v) is 2.50. The molecule has 2 heteroatoms. The first-order chi connectivity index (χ1) is 5.34. The lowest BCUT2D eigenvalue weighted by Crippen LogP contribution is -2.33. The zero-order valence-electron chi connectivity index (χ0n) is 8.18. The van der Waals surface area contributed by atoms with E-state index in [1.165, 1.54) is 0 Å². The van der Waals surface area contributed by atoms with Crippen LogP contribution in [0.15, 0.2) is 0 Å². The summed E-state index contributed by atoms with van der Waals surface area (Å²) in [7, 11) is 0. The Morgan fingerprint density at radius 1 is 1.33 bits per heavy atom. The van der Waals surface area contributed by atoms with Gasteiger partial charge in [-0.25, -0.2) is 0 Å². The fourth-order valence-electron chi connectivity index (χ4n) is 2.50. The van der Waals surface area contributed by atoms with E-state index in [4.69, 9.17) is 4.74 Å². The lowest BCUT2D eigenvalue weighted by atomic mass is 9.96. The molecule has 2 rings (SSSR count). The smallest absolute Gasteiger partial charge is 0.310 e. The van der Waals surface area contributed by atoms with E-state index >= 15 is 0 Å². The van der Waals surface area contributed by atoms with Crippen LogP contribution in [0.3, 0.4) is 0 Å². The van der Waals surface area contributed by atoms with Gasteiger partial charge in [-0.2, -0.15) is 0 Å². The number of carbonyl (C=O) groups is 1. The van der Waals surface area contributed by atoms with Gasteiger partial charge in [0.15, 0.2) is 0 Å². The summed E-state index contributed by atoms with van der Waals surface area (Å²) in [6.07, 6.45) is 1.02. The molecule has 0 radical (unpaired) electrons. The van der Waals surface area contributed by atoms with E-state index in [9.17, 15) is 4.79 Å². The van der Waals surface area contributed by atoms with Crippen LogP contribution in [0.1, 0.15) is 34.1 Å². The minimum absolute atomic E-state index is 0.0150. The fraction of sp³-hybridized carbons (Fsp3) is 0.900. The van der Waals surface area contributed by atoms with Gasteiger partial charge in [0.25, 0.3) is 0 Å². The summed E-state index contributed by atoms with van der Waals surface area (Å²) < 4.78 is 5.32. The Balaban J connectivity index is 2.21. The molecular formula is C10H16O2. The zero-order valence-corrected chi connectivity index (χ0v) is 8.18. The second-order valence-corrected chi connectivity index (χ2v) is 5.29. The van der Waals surface area contributed by atoms with Crippen LogP contribution in [0.4, 0.5) is 0 Å². The first kappa shape index (κ1) is 8.09. The lowest BCUT2D eigenvalue weighted by Gasteiger charge is -2.28. The highest BCUT2D eigenvalue weighted by Crippen LogP contribution is 2.64. The Hall–Kier alpha value is -0.530. The van der Waals surface area contributed by atoms with Gasteiger partial charge in [0.05, 0.1) is 5.92 Å². The molecule has 1 aliphatic carbocycles. The maximum atomic E-state index is 11.4. The van der Waals surface area contributed by atoms with E-state index < -0.39 is 0 Å². The Kier molecular flexibility index (Phi) is 1.25. The average Bonchev–Trinajstić information content (AvgIpc) is 2.30. The number of ether oxygens (including phenoxy) is 1. The van der Waals surface area contributed by atoms with E-state index in [0.717, 1.165) is 6.42 Å². The van der Waals surface area contributed by atoms with E-state index in [0.29, 0.717) is 5.92 Å². The molecule has 1 aliphatic heterocycles.